The summed E-state index contributed by atoms with van der Waals surface area (Å²) >= 11 is 0. The van der Waals surface area contributed by atoms with Crippen molar-refractivity contribution in [2.75, 3.05) is 0 Å². The molecule has 0 unspecified atom stereocenters. The van der Waals surface area contributed by atoms with Crippen LogP contribution in [0.1, 0.15) is 80.2 Å². The Labute approximate surface area is 164 Å². The normalized spacial score (nSPS) is 16.0. The number of hydrogen-bond donors (Lipinski definition) is 1. The van der Waals surface area contributed by atoms with Crippen LogP contribution < -0.4 is 0 Å². The Morgan fingerprint density at radius 1 is 0.963 bits per heavy atom. The third kappa shape index (κ3) is 3.97. The van der Waals surface area contributed by atoms with Crippen LogP contribution in [0.5, 0.6) is 0 Å². The van der Waals surface area contributed by atoms with Crippen LogP contribution in [0.4, 0.5) is 0 Å². The van der Waals surface area contributed by atoms with Gasteiger partial charge in [0.1, 0.15) is 5.60 Å². The Kier molecular flexibility index (Phi) is 5.78. The summed E-state index contributed by atoms with van der Waals surface area (Å²) in [4.78, 5) is 0. The lowest BCUT2D eigenvalue weighted by Gasteiger charge is -2.34. The SMILES string of the molecule is CCC(CC)(c1cccc(C)c1)c1ccc(C#CC2(O)CCCC2)c(C)c1. The van der Waals surface area contributed by atoms with Crippen LogP contribution in [-0.4, -0.2) is 10.7 Å². The number of aryl methyl sites for hydroxylation is 2. The van der Waals surface area contributed by atoms with Crippen LogP contribution in [0.2, 0.25) is 0 Å². The first kappa shape index (κ1) is 19.7. The maximum absolute atomic E-state index is 10.5. The summed E-state index contributed by atoms with van der Waals surface area (Å²) in [5, 5.41) is 10.5. The van der Waals surface area contributed by atoms with Crippen molar-refractivity contribution in [2.45, 2.75) is 77.2 Å². The van der Waals surface area contributed by atoms with E-state index < -0.39 is 5.60 Å². The molecule has 0 spiro atoms. The van der Waals surface area contributed by atoms with Crippen molar-refractivity contribution < 1.29 is 5.11 Å². The smallest absolute Gasteiger partial charge is 0.125 e. The molecule has 3 rings (SSSR count). The quantitative estimate of drug-likeness (QED) is 0.656. The van der Waals surface area contributed by atoms with Crippen LogP contribution >= 0.6 is 0 Å². The molecule has 1 aliphatic carbocycles. The first-order valence-electron chi connectivity index (χ1n) is 10.4. The monoisotopic (exact) mass is 360 g/mol. The summed E-state index contributed by atoms with van der Waals surface area (Å²) < 4.78 is 0. The van der Waals surface area contributed by atoms with Gasteiger partial charge in [-0.1, -0.05) is 67.6 Å². The Morgan fingerprint density at radius 3 is 2.22 bits per heavy atom. The van der Waals surface area contributed by atoms with E-state index in [0.717, 1.165) is 44.1 Å². The van der Waals surface area contributed by atoms with Gasteiger partial charge in [-0.25, -0.2) is 0 Å². The Balaban J connectivity index is 1.99. The lowest BCUT2D eigenvalue weighted by Crippen LogP contribution is -2.26. The molecule has 1 fully saturated rings. The molecule has 142 valence electrons. The van der Waals surface area contributed by atoms with Gasteiger partial charge in [-0.2, -0.15) is 0 Å². The summed E-state index contributed by atoms with van der Waals surface area (Å²) in [6, 6.07) is 15.6. The highest BCUT2D eigenvalue weighted by atomic mass is 16.3. The molecule has 1 N–H and O–H groups in total. The molecule has 1 heteroatoms. The number of rotatable bonds is 4. The van der Waals surface area contributed by atoms with Gasteiger partial charge in [0.2, 0.25) is 0 Å². The Morgan fingerprint density at radius 2 is 1.63 bits per heavy atom. The van der Waals surface area contributed by atoms with Gasteiger partial charge in [-0.05, 0) is 75.1 Å². The van der Waals surface area contributed by atoms with Gasteiger partial charge in [-0.15, -0.1) is 0 Å². The van der Waals surface area contributed by atoms with E-state index in [0.29, 0.717) is 0 Å². The zero-order chi connectivity index (χ0) is 19.5. The predicted octanol–water partition coefficient (Wildman–Crippen LogP) is 6.07. The molecule has 1 saturated carbocycles. The van der Waals surface area contributed by atoms with E-state index in [1.54, 1.807) is 0 Å². The lowest BCUT2D eigenvalue weighted by atomic mass is 9.70. The number of hydrogen-bond acceptors (Lipinski definition) is 1. The van der Waals surface area contributed by atoms with E-state index in [4.69, 9.17) is 0 Å². The molecule has 0 bridgehead atoms. The minimum absolute atomic E-state index is 0.0341. The minimum Gasteiger partial charge on any atom is -0.378 e. The van der Waals surface area contributed by atoms with Crippen molar-refractivity contribution >= 4 is 0 Å². The summed E-state index contributed by atoms with van der Waals surface area (Å²) in [6.45, 7) is 8.87. The third-order valence-electron chi connectivity index (χ3n) is 6.42. The molecule has 2 aromatic rings. The van der Waals surface area contributed by atoms with Crippen molar-refractivity contribution in [1.82, 2.24) is 0 Å². The van der Waals surface area contributed by atoms with Crippen molar-refractivity contribution in [2.24, 2.45) is 0 Å². The molecule has 0 heterocycles. The summed E-state index contributed by atoms with van der Waals surface area (Å²) in [5.41, 5.74) is 5.55. The van der Waals surface area contributed by atoms with Gasteiger partial charge in [0, 0.05) is 11.0 Å². The van der Waals surface area contributed by atoms with E-state index in [-0.39, 0.29) is 5.41 Å². The molecule has 0 aliphatic heterocycles. The molecule has 0 aromatic heterocycles. The van der Waals surface area contributed by atoms with Gasteiger partial charge in [0.25, 0.3) is 0 Å². The summed E-state index contributed by atoms with van der Waals surface area (Å²) in [7, 11) is 0. The Hall–Kier alpha value is -2.04. The van der Waals surface area contributed by atoms with E-state index in [1.165, 1.54) is 22.3 Å². The first-order valence-corrected chi connectivity index (χ1v) is 10.4. The third-order valence-corrected chi connectivity index (χ3v) is 6.42. The van der Waals surface area contributed by atoms with Crippen molar-refractivity contribution in [3.05, 3.63) is 70.3 Å². The fraction of sp³-hybridized carbons (Fsp3) is 0.462. The molecule has 0 saturated heterocycles. The molecular weight excluding hydrogens is 328 g/mol. The van der Waals surface area contributed by atoms with Gasteiger partial charge >= 0.3 is 0 Å². The van der Waals surface area contributed by atoms with Gasteiger partial charge < -0.3 is 5.11 Å². The molecule has 0 atom stereocenters. The van der Waals surface area contributed by atoms with Crippen molar-refractivity contribution in [3.8, 4) is 11.8 Å². The average Bonchev–Trinajstić information content (AvgIpc) is 3.09. The second-order valence-electron chi connectivity index (χ2n) is 8.18. The molecule has 2 aromatic carbocycles. The average molecular weight is 361 g/mol. The molecule has 1 nitrogen and oxygen atoms in total. The molecule has 1 aliphatic rings. The highest BCUT2D eigenvalue weighted by molar-refractivity contribution is 5.49. The Bertz CT molecular complexity index is 855. The summed E-state index contributed by atoms with van der Waals surface area (Å²) in [5.74, 6) is 6.40. The van der Waals surface area contributed by atoms with Crippen LogP contribution in [0.25, 0.3) is 0 Å². The number of aliphatic hydroxyl groups is 1. The van der Waals surface area contributed by atoms with Gasteiger partial charge in [0.05, 0.1) is 0 Å². The van der Waals surface area contributed by atoms with Crippen molar-refractivity contribution in [3.63, 3.8) is 0 Å². The van der Waals surface area contributed by atoms with Crippen molar-refractivity contribution in [1.29, 1.82) is 0 Å². The lowest BCUT2D eigenvalue weighted by molar-refractivity contribution is 0.110. The number of benzene rings is 2. The first-order chi connectivity index (χ1) is 12.9. The molecule has 27 heavy (non-hydrogen) atoms. The zero-order valence-corrected chi connectivity index (χ0v) is 17.2. The standard InChI is InChI=1S/C26H32O/c1-5-26(6-2,23-11-9-10-20(3)18-23)24-13-12-22(21(4)19-24)14-17-25(27)15-7-8-16-25/h9-13,18-19,27H,5-8,15-16H2,1-4H3. The predicted molar refractivity (Wildman–Crippen MR) is 114 cm³/mol. The topological polar surface area (TPSA) is 20.2 Å². The molecule has 0 radical (unpaired) electrons. The molecular formula is C26H32O. The van der Waals surface area contributed by atoms with Gasteiger partial charge in [-0.3, -0.25) is 0 Å². The van der Waals surface area contributed by atoms with Crippen LogP contribution in [0.3, 0.4) is 0 Å². The van der Waals surface area contributed by atoms with E-state index >= 15 is 0 Å². The zero-order valence-electron chi connectivity index (χ0n) is 17.2. The largest absolute Gasteiger partial charge is 0.378 e. The van der Waals surface area contributed by atoms with Crippen LogP contribution in [0.15, 0.2) is 42.5 Å². The summed E-state index contributed by atoms with van der Waals surface area (Å²) in [6.07, 6.45) is 5.90. The molecule has 0 amide bonds. The van der Waals surface area contributed by atoms with Gasteiger partial charge in [0.15, 0.2) is 0 Å². The van der Waals surface area contributed by atoms with Crippen LogP contribution in [0, 0.1) is 25.7 Å². The van der Waals surface area contributed by atoms with E-state index in [1.807, 2.05) is 0 Å². The second kappa shape index (κ2) is 7.91. The fourth-order valence-corrected chi connectivity index (χ4v) is 4.55. The van der Waals surface area contributed by atoms with E-state index in [2.05, 4.69) is 82.0 Å². The highest BCUT2D eigenvalue weighted by Crippen LogP contribution is 2.39. The fourth-order valence-electron chi connectivity index (χ4n) is 4.55. The maximum atomic E-state index is 10.5. The minimum atomic E-state index is -0.775. The highest BCUT2D eigenvalue weighted by Gasteiger charge is 2.31. The second-order valence-corrected chi connectivity index (χ2v) is 8.18. The van der Waals surface area contributed by atoms with Crippen LogP contribution in [-0.2, 0) is 5.41 Å². The van der Waals surface area contributed by atoms with E-state index in [9.17, 15) is 5.11 Å². The maximum Gasteiger partial charge on any atom is 0.125 e.